The third kappa shape index (κ3) is 3.37. The smallest absolute Gasteiger partial charge is 0.346 e. The van der Waals surface area contributed by atoms with Gasteiger partial charge >= 0.3 is 5.97 Å². The molecule has 0 amide bonds. The third-order valence-corrected chi connectivity index (χ3v) is 3.91. The fourth-order valence-electron chi connectivity index (χ4n) is 2.43. The highest BCUT2D eigenvalue weighted by atomic mass is 35.5. The molecule has 0 fully saturated rings. The number of methoxy groups -OCH3 is 1. The summed E-state index contributed by atoms with van der Waals surface area (Å²) >= 11 is 5.98. The van der Waals surface area contributed by atoms with Crippen LogP contribution < -0.4 is 10.2 Å². The molecular weight excluding hydrogens is 344 g/mol. The maximum atomic E-state index is 12.9. The predicted molar refractivity (Wildman–Crippen MR) is 95.0 cm³/mol. The molecule has 0 aliphatic carbocycles. The first-order chi connectivity index (χ1) is 12.0. The van der Waals surface area contributed by atoms with E-state index in [2.05, 4.69) is 4.74 Å². The molecule has 1 heterocycles. The van der Waals surface area contributed by atoms with E-state index in [0.717, 1.165) is 0 Å². The van der Waals surface area contributed by atoms with Crippen LogP contribution in [0.5, 0.6) is 5.75 Å². The van der Waals surface area contributed by atoms with Gasteiger partial charge in [0, 0.05) is 10.6 Å². The molecule has 25 heavy (non-hydrogen) atoms. The summed E-state index contributed by atoms with van der Waals surface area (Å²) in [5, 5.41) is 0.679. The zero-order chi connectivity index (χ0) is 18.0. The van der Waals surface area contributed by atoms with E-state index in [4.69, 9.17) is 20.8 Å². The standard InChI is InChI=1S/C19H15ClO5/c1-11(19(22)23-2)24-18-16(21)14-10-13(20)8-9-15(14)25-17(18)12-6-4-3-5-7-12/h3-11H,1-2H3. The number of carbonyl (C=O) groups is 1. The molecular formula is C19H15ClO5. The van der Waals surface area contributed by atoms with E-state index < -0.39 is 17.5 Å². The lowest BCUT2D eigenvalue weighted by Crippen LogP contribution is -2.27. The summed E-state index contributed by atoms with van der Waals surface area (Å²) in [5.41, 5.74) is 0.633. The fraction of sp³-hybridized carbons (Fsp3) is 0.158. The molecule has 2 aromatic carbocycles. The Balaban J connectivity index is 2.25. The summed E-state index contributed by atoms with van der Waals surface area (Å²) in [6.07, 6.45) is -0.966. The first-order valence-corrected chi connectivity index (χ1v) is 7.95. The van der Waals surface area contributed by atoms with Crippen molar-refractivity contribution in [2.75, 3.05) is 7.11 Å². The second-order valence-electron chi connectivity index (χ2n) is 5.38. The number of ether oxygens (including phenoxy) is 2. The first kappa shape index (κ1) is 17.0. The summed E-state index contributed by atoms with van der Waals surface area (Å²) in [6.45, 7) is 1.50. The summed E-state index contributed by atoms with van der Waals surface area (Å²) in [5.74, 6) is -0.403. The lowest BCUT2D eigenvalue weighted by Gasteiger charge is -2.15. The maximum absolute atomic E-state index is 12.9. The Kier molecular flexibility index (Phi) is 4.76. The number of hydrogen-bond donors (Lipinski definition) is 0. The number of esters is 1. The molecule has 3 rings (SSSR count). The quantitative estimate of drug-likeness (QED) is 0.658. The van der Waals surface area contributed by atoms with Gasteiger partial charge in [-0.2, -0.15) is 0 Å². The zero-order valence-electron chi connectivity index (χ0n) is 13.6. The van der Waals surface area contributed by atoms with Crippen LogP contribution in [0.25, 0.3) is 22.3 Å². The Labute approximate surface area is 148 Å². The van der Waals surface area contributed by atoms with Crippen LogP contribution in [-0.2, 0) is 9.53 Å². The minimum absolute atomic E-state index is 0.0566. The van der Waals surface area contributed by atoms with Crippen molar-refractivity contribution in [1.29, 1.82) is 0 Å². The molecule has 0 aliphatic heterocycles. The molecule has 0 N–H and O–H groups in total. The topological polar surface area (TPSA) is 65.7 Å². The van der Waals surface area contributed by atoms with Gasteiger partial charge in [0.1, 0.15) is 5.58 Å². The number of halogens is 1. The molecule has 5 nitrogen and oxygen atoms in total. The number of carbonyl (C=O) groups excluding carboxylic acids is 1. The van der Waals surface area contributed by atoms with Gasteiger partial charge in [-0.1, -0.05) is 41.9 Å². The van der Waals surface area contributed by atoms with E-state index in [9.17, 15) is 9.59 Å². The molecule has 0 saturated heterocycles. The fourth-order valence-corrected chi connectivity index (χ4v) is 2.60. The van der Waals surface area contributed by atoms with Gasteiger partial charge in [-0.15, -0.1) is 0 Å². The molecule has 3 aromatic rings. The summed E-state index contributed by atoms with van der Waals surface area (Å²) in [7, 11) is 1.25. The van der Waals surface area contributed by atoms with Crippen LogP contribution in [0.1, 0.15) is 6.92 Å². The maximum Gasteiger partial charge on any atom is 0.346 e. The summed E-state index contributed by atoms with van der Waals surface area (Å²) in [4.78, 5) is 24.6. The van der Waals surface area contributed by atoms with Crippen LogP contribution in [-0.4, -0.2) is 19.2 Å². The van der Waals surface area contributed by atoms with E-state index in [-0.39, 0.29) is 16.9 Å². The van der Waals surface area contributed by atoms with Gasteiger partial charge in [0.2, 0.25) is 11.2 Å². The summed E-state index contributed by atoms with van der Waals surface area (Å²) in [6, 6.07) is 13.8. The molecule has 6 heteroatoms. The van der Waals surface area contributed by atoms with Gasteiger partial charge in [0.05, 0.1) is 12.5 Å². The highest BCUT2D eigenvalue weighted by Gasteiger charge is 2.23. The monoisotopic (exact) mass is 358 g/mol. The van der Waals surface area contributed by atoms with E-state index >= 15 is 0 Å². The summed E-state index contributed by atoms with van der Waals surface area (Å²) < 4.78 is 16.2. The largest absolute Gasteiger partial charge is 0.471 e. The average Bonchev–Trinajstić information content (AvgIpc) is 2.64. The van der Waals surface area contributed by atoms with Crippen molar-refractivity contribution in [3.05, 3.63) is 63.8 Å². The minimum Gasteiger partial charge on any atom is -0.471 e. The molecule has 0 saturated carbocycles. The van der Waals surface area contributed by atoms with Crippen molar-refractivity contribution in [3.8, 4) is 17.1 Å². The molecule has 0 aliphatic rings. The Hall–Kier alpha value is -2.79. The van der Waals surface area contributed by atoms with Gasteiger partial charge < -0.3 is 13.9 Å². The van der Waals surface area contributed by atoms with Crippen molar-refractivity contribution in [2.45, 2.75) is 13.0 Å². The van der Waals surface area contributed by atoms with Gasteiger partial charge in [0.25, 0.3) is 0 Å². The Bertz CT molecular complexity index is 978. The lowest BCUT2D eigenvalue weighted by molar-refractivity contribution is -0.147. The molecule has 0 spiro atoms. The van der Waals surface area contributed by atoms with Crippen molar-refractivity contribution in [1.82, 2.24) is 0 Å². The van der Waals surface area contributed by atoms with Crippen LogP contribution in [0.3, 0.4) is 0 Å². The van der Waals surface area contributed by atoms with Gasteiger partial charge in [-0.05, 0) is 25.1 Å². The first-order valence-electron chi connectivity index (χ1n) is 7.57. The van der Waals surface area contributed by atoms with E-state index in [0.29, 0.717) is 16.2 Å². The number of benzene rings is 2. The normalized spacial score (nSPS) is 12.0. The van der Waals surface area contributed by atoms with Crippen molar-refractivity contribution in [2.24, 2.45) is 0 Å². The van der Waals surface area contributed by atoms with Crippen LogP contribution in [0.15, 0.2) is 57.7 Å². The minimum atomic E-state index is -0.966. The molecule has 0 bridgehead atoms. The van der Waals surface area contributed by atoms with Crippen molar-refractivity contribution >= 4 is 28.5 Å². The zero-order valence-corrected chi connectivity index (χ0v) is 14.4. The molecule has 1 aromatic heterocycles. The van der Waals surface area contributed by atoms with Gasteiger partial charge in [0.15, 0.2) is 11.9 Å². The van der Waals surface area contributed by atoms with Crippen LogP contribution >= 0.6 is 11.6 Å². The molecule has 1 atom stereocenters. The van der Waals surface area contributed by atoms with E-state index in [1.165, 1.54) is 20.1 Å². The predicted octanol–water partition coefficient (Wildman–Crippen LogP) is 4.05. The van der Waals surface area contributed by atoms with Gasteiger partial charge in [-0.3, -0.25) is 4.79 Å². The van der Waals surface area contributed by atoms with E-state index in [1.54, 1.807) is 24.3 Å². The molecule has 1 unspecified atom stereocenters. The van der Waals surface area contributed by atoms with Crippen molar-refractivity contribution in [3.63, 3.8) is 0 Å². The number of rotatable bonds is 4. The SMILES string of the molecule is COC(=O)C(C)Oc1c(-c2ccccc2)oc2ccc(Cl)cc2c1=O. The Morgan fingerprint density at radius 3 is 2.56 bits per heavy atom. The van der Waals surface area contributed by atoms with Crippen LogP contribution in [0.2, 0.25) is 5.02 Å². The molecule has 128 valence electrons. The molecule has 0 radical (unpaired) electrons. The number of hydrogen-bond acceptors (Lipinski definition) is 5. The lowest BCUT2D eigenvalue weighted by atomic mass is 10.1. The van der Waals surface area contributed by atoms with Crippen molar-refractivity contribution < 1.29 is 18.7 Å². The second kappa shape index (κ2) is 6.99. The Morgan fingerprint density at radius 2 is 1.88 bits per heavy atom. The van der Waals surface area contributed by atoms with Crippen LogP contribution in [0.4, 0.5) is 0 Å². The Morgan fingerprint density at radius 1 is 1.16 bits per heavy atom. The highest BCUT2D eigenvalue weighted by Crippen LogP contribution is 2.32. The third-order valence-electron chi connectivity index (χ3n) is 3.67. The second-order valence-corrected chi connectivity index (χ2v) is 5.82. The van der Waals surface area contributed by atoms with Crippen LogP contribution in [0, 0.1) is 0 Å². The number of fused-ring (bicyclic) bond motifs is 1. The van der Waals surface area contributed by atoms with E-state index in [1.807, 2.05) is 18.2 Å². The average molecular weight is 359 g/mol. The van der Waals surface area contributed by atoms with Gasteiger partial charge in [-0.25, -0.2) is 4.79 Å². The highest BCUT2D eigenvalue weighted by molar-refractivity contribution is 6.31.